The van der Waals surface area contributed by atoms with E-state index in [-0.39, 0.29) is 23.6 Å². The summed E-state index contributed by atoms with van der Waals surface area (Å²) < 4.78 is 25.5. The maximum Gasteiger partial charge on any atom is 0.290 e. The number of benzene rings is 1. The van der Waals surface area contributed by atoms with Crippen LogP contribution >= 0.6 is 11.8 Å². The molecule has 17 heavy (non-hydrogen) atoms. The lowest BCUT2D eigenvalue weighted by Gasteiger charge is -2.14. The van der Waals surface area contributed by atoms with Crippen molar-refractivity contribution in [2.45, 2.75) is 0 Å². The Labute approximate surface area is 100.0 Å². The van der Waals surface area contributed by atoms with E-state index in [0.29, 0.717) is 5.69 Å². The number of hydrogen-bond acceptors (Lipinski definition) is 4. The fourth-order valence-corrected chi connectivity index (χ4v) is 2.04. The molecule has 1 N–H and O–H groups in total. The largest absolute Gasteiger partial charge is 0.367 e. The number of carbonyl (C=O) groups excluding carboxylic acids is 2. The molecule has 1 aliphatic heterocycles. The molecule has 0 bridgehead atoms. The second kappa shape index (κ2) is 4.70. The number of nitrogens with zero attached hydrogens (tertiary/aromatic N) is 1. The molecule has 0 saturated carbocycles. The van der Waals surface area contributed by atoms with Crippen molar-refractivity contribution in [2.24, 2.45) is 0 Å². The topological polar surface area (TPSA) is 49.4 Å². The molecule has 1 heterocycles. The van der Waals surface area contributed by atoms with Gasteiger partial charge < -0.3 is 5.32 Å². The quantitative estimate of drug-likeness (QED) is 0.901. The van der Waals surface area contributed by atoms with E-state index in [1.807, 2.05) is 0 Å². The van der Waals surface area contributed by atoms with Crippen molar-refractivity contribution in [1.82, 2.24) is 4.90 Å². The van der Waals surface area contributed by atoms with E-state index in [0.717, 1.165) is 28.8 Å². The predicted octanol–water partition coefficient (Wildman–Crippen LogP) is 2.03. The first-order valence-corrected chi connectivity index (χ1v) is 5.72. The highest BCUT2D eigenvalue weighted by Crippen LogP contribution is 2.19. The number of imide groups is 1. The van der Waals surface area contributed by atoms with Gasteiger partial charge in [-0.1, -0.05) is 11.8 Å². The monoisotopic (exact) mass is 258 g/mol. The van der Waals surface area contributed by atoms with Crippen LogP contribution in [0.5, 0.6) is 0 Å². The molecule has 1 aromatic carbocycles. The third kappa shape index (κ3) is 2.55. The molecule has 4 nitrogen and oxygen atoms in total. The molecule has 7 heteroatoms. The first kappa shape index (κ1) is 11.8. The summed E-state index contributed by atoms with van der Waals surface area (Å²) in [7, 11) is 0. The van der Waals surface area contributed by atoms with Gasteiger partial charge >= 0.3 is 0 Å². The number of hydrogen-bond donors (Lipinski definition) is 1. The number of thioether (sulfide) groups is 1. The fraction of sp³-hybridized carbons (Fsp3) is 0.200. The number of halogens is 2. The van der Waals surface area contributed by atoms with Crippen molar-refractivity contribution in [3.8, 4) is 0 Å². The lowest BCUT2D eigenvalue weighted by atomic mass is 10.3. The van der Waals surface area contributed by atoms with E-state index in [4.69, 9.17) is 0 Å². The van der Waals surface area contributed by atoms with Crippen molar-refractivity contribution in [2.75, 3.05) is 17.7 Å². The van der Waals surface area contributed by atoms with E-state index >= 15 is 0 Å². The molecule has 2 rings (SSSR count). The minimum absolute atomic E-state index is 0.0459. The standard InChI is InChI=1S/C10H8F2N2O2S/c11-7-2-1-6(3-8(7)12)13-5-14-9(15)4-17-10(14)16/h1-3,13H,4-5H2. The van der Waals surface area contributed by atoms with Crippen molar-refractivity contribution in [3.05, 3.63) is 29.8 Å². The maximum atomic E-state index is 12.9. The van der Waals surface area contributed by atoms with Gasteiger partial charge in [-0.25, -0.2) is 8.78 Å². The minimum atomic E-state index is -0.983. The van der Waals surface area contributed by atoms with Gasteiger partial charge in [-0.3, -0.25) is 14.5 Å². The highest BCUT2D eigenvalue weighted by Gasteiger charge is 2.29. The molecular formula is C10H8F2N2O2S. The Morgan fingerprint density at radius 3 is 2.65 bits per heavy atom. The highest BCUT2D eigenvalue weighted by atomic mass is 32.2. The summed E-state index contributed by atoms with van der Waals surface area (Å²) in [5, 5.41) is 2.34. The van der Waals surface area contributed by atoms with E-state index in [1.54, 1.807) is 0 Å². The van der Waals surface area contributed by atoms with Crippen LogP contribution in [0.3, 0.4) is 0 Å². The Bertz CT molecular complexity index is 465. The van der Waals surface area contributed by atoms with Crippen molar-refractivity contribution >= 4 is 28.6 Å². The Hall–Kier alpha value is -1.63. The van der Waals surface area contributed by atoms with Crippen LogP contribution < -0.4 is 5.32 Å². The molecule has 1 aromatic rings. The van der Waals surface area contributed by atoms with Gasteiger partial charge in [0, 0.05) is 11.8 Å². The normalized spacial score (nSPS) is 15.5. The van der Waals surface area contributed by atoms with Crippen LogP contribution in [0.25, 0.3) is 0 Å². The van der Waals surface area contributed by atoms with Crippen LogP contribution in [0.2, 0.25) is 0 Å². The Balaban J connectivity index is 2.00. The molecule has 0 radical (unpaired) electrons. The summed E-state index contributed by atoms with van der Waals surface area (Å²) in [6.07, 6.45) is 0. The SMILES string of the molecule is O=C1CSC(=O)N1CNc1ccc(F)c(F)c1. The number of rotatable bonds is 3. The third-order valence-corrected chi connectivity index (χ3v) is 3.06. The summed E-state index contributed by atoms with van der Waals surface area (Å²) in [4.78, 5) is 23.5. The summed E-state index contributed by atoms with van der Waals surface area (Å²) >= 11 is 0.918. The maximum absolute atomic E-state index is 12.9. The average molecular weight is 258 g/mol. The van der Waals surface area contributed by atoms with Crippen molar-refractivity contribution in [1.29, 1.82) is 0 Å². The summed E-state index contributed by atoms with van der Waals surface area (Å²) in [6, 6.07) is 3.27. The van der Waals surface area contributed by atoms with Crippen LogP contribution in [0, 0.1) is 11.6 Å². The zero-order valence-corrected chi connectivity index (χ0v) is 9.39. The van der Waals surface area contributed by atoms with Gasteiger partial charge in [0.05, 0.1) is 12.4 Å². The van der Waals surface area contributed by atoms with Crippen molar-refractivity contribution < 1.29 is 18.4 Å². The second-order valence-corrected chi connectivity index (χ2v) is 4.27. The van der Waals surface area contributed by atoms with Crippen LogP contribution in [0.4, 0.5) is 19.3 Å². The van der Waals surface area contributed by atoms with E-state index in [1.165, 1.54) is 6.07 Å². The van der Waals surface area contributed by atoms with Gasteiger partial charge in [0.2, 0.25) is 5.91 Å². The van der Waals surface area contributed by atoms with Crippen LogP contribution in [0.15, 0.2) is 18.2 Å². The molecule has 0 atom stereocenters. The van der Waals surface area contributed by atoms with Crippen molar-refractivity contribution in [3.63, 3.8) is 0 Å². The van der Waals surface area contributed by atoms with Crippen LogP contribution in [-0.2, 0) is 4.79 Å². The van der Waals surface area contributed by atoms with Gasteiger partial charge in [-0.2, -0.15) is 0 Å². The molecule has 0 aliphatic carbocycles. The predicted molar refractivity (Wildman–Crippen MR) is 59.5 cm³/mol. The summed E-state index contributed by atoms with van der Waals surface area (Å²) in [5.41, 5.74) is 0.307. The molecule has 0 unspecified atom stereocenters. The van der Waals surface area contributed by atoms with E-state index in [2.05, 4.69) is 5.32 Å². The third-order valence-electron chi connectivity index (χ3n) is 2.20. The van der Waals surface area contributed by atoms with Gasteiger partial charge in [0.25, 0.3) is 5.24 Å². The second-order valence-electron chi connectivity index (χ2n) is 3.34. The molecule has 2 amide bonds. The molecule has 1 aliphatic rings. The first-order valence-electron chi connectivity index (χ1n) is 4.74. The average Bonchev–Trinajstić information content (AvgIpc) is 2.61. The number of anilines is 1. The van der Waals surface area contributed by atoms with Gasteiger partial charge in [-0.15, -0.1) is 0 Å². The Morgan fingerprint density at radius 2 is 2.06 bits per heavy atom. The summed E-state index contributed by atoms with van der Waals surface area (Å²) in [5.74, 6) is -2.10. The lowest BCUT2D eigenvalue weighted by Crippen LogP contribution is -2.33. The number of nitrogens with one attached hydrogen (secondary N) is 1. The number of amides is 2. The summed E-state index contributed by atoms with van der Waals surface area (Å²) in [6.45, 7) is -0.0459. The van der Waals surface area contributed by atoms with E-state index < -0.39 is 11.6 Å². The van der Waals surface area contributed by atoms with Crippen LogP contribution in [-0.4, -0.2) is 28.5 Å². The fourth-order valence-electron chi connectivity index (χ4n) is 1.31. The molecule has 0 spiro atoms. The van der Waals surface area contributed by atoms with Gasteiger partial charge in [0.1, 0.15) is 0 Å². The molecule has 0 aromatic heterocycles. The lowest BCUT2D eigenvalue weighted by molar-refractivity contribution is -0.124. The Morgan fingerprint density at radius 1 is 1.29 bits per heavy atom. The van der Waals surface area contributed by atoms with Gasteiger partial charge in [0.15, 0.2) is 11.6 Å². The molecule has 1 fully saturated rings. The minimum Gasteiger partial charge on any atom is -0.367 e. The van der Waals surface area contributed by atoms with Gasteiger partial charge in [-0.05, 0) is 12.1 Å². The Kier molecular flexibility index (Phi) is 3.28. The highest BCUT2D eigenvalue weighted by molar-refractivity contribution is 8.14. The molecular weight excluding hydrogens is 250 g/mol. The first-order chi connectivity index (χ1) is 8.08. The van der Waals surface area contributed by atoms with E-state index in [9.17, 15) is 18.4 Å². The smallest absolute Gasteiger partial charge is 0.290 e. The number of carbonyl (C=O) groups is 2. The zero-order valence-electron chi connectivity index (χ0n) is 8.57. The van der Waals surface area contributed by atoms with Crippen LogP contribution in [0.1, 0.15) is 0 Å². The zero-order chi connectivity index (χ0) is 12.4. The molecule has 90 valence electrons. The molecule has 1 saturated heterocycles.